The molecule has 0 spiro atoms. The molecule has 0 heterocycles. The third kappa shape index (κ3) is 3.95. The van der Waals surface area contributed by atoms with Crippen LogP contribution in [0.25, 0.3) is 11.1 Å². The number of nitrogens with one attached hydrogen (secondary N) is 2. The maximum absolute atomic E-state index is 12.7. The minimum atomic E-state index is -0.828. The lowest BCUT2D eigenvalue weighted by atomic mass is 9.80. The lowest BCUT2D eigenvalue weighted by molar-refractivity contribution is -0.146. The summed E-state index contributed by atoms with van der Waals surface area (Å²) in [5.74, 6) is -1.41. The summed E-state index contributed by atoms with van der Waals surface area (Å²) in [6, 6.07) is 15.5. The molecule has 2 saturated carbocycles. The summed E-state index contributed by atoms with van der Waals surface area (Å²) in [6.07, 6.45) is 2.03. The summed E-state index contributed by atoms with van der Waals surface area (Å²) in [6.45, 7) is 0.196. The SMILES string of the molecule is O=C(NC(C(=O)NC1CC(C(=O)O)C1)C1CC1)OCC1c2ccccc2-c2ccccc21. The fourth-order valence-electron chi connectivity index (χ4n) is 4.82. The van der Waals surface area contributed by atoms with Crippen LogP contribution in [-0.4, -0.2) is 41.8 Å². The number of hydrogen-bond acceptors (Lipinski definition) is 4. The molecule has 0 bridgehead atoms. The number of amides is 2. The number of hydrogen-bond donors (Lipinski definition) is 3. The maximum atomic E-state index is 12.7. The maximum Gasteiger partial charge on any atom is 0.407 e. The van der Waals surface area contributed by atoms with E-state index in [2.05, 4.69) is 34.9 Å². The van der Waals surface area contributed by atoms with Crippen LogP contribution in [0.5, 0.6) is 0 Å². The van der Waals surface area contributed by atoms with Gasteiger partial charge in [0, 0.05) is 12.0 Å². The molecule has 7 nitrogen and oxygen atoms in total. The van der Waals surface area contributed by atoms with Gasteiger partial charge >= 0.3 is 12.1 Å². The van der Waals surface area contributed by atoms with Crippen LogP contribution in [0.2, 0.25) is 0 Å². The molecule has 32 heavy (non-hydrogen) atoms. The zero-order valence-corrected chi connectivity index (χ0v) is 17.6. The van der Waals surface area contributed by atoms with E-state index in [1.807, 2.05) is 24.3 Å². The van der Waals surface area contributed by atoms with Gasteiger partial charge in [0.2, 0.25) is 5.91 Å². The Labute approximate surface area is 186 Å². The highest BCUT2D eigenvalue weighted by Gasteiger charge is 2.41. The Hall–Kier alpha value is -3.35. The molecule has 0 saturated heterocycles. The van der Waals surface area contributed by atoms with E-state index in [1.54, 1.807) is 0 Å². The van der Waals surface area contributed by atoms with E-state index in [9.17, 15) is 14.4 Å². The summed E-state index contributed by atoms with van der Waals surface area (Å²) in [5.41, 5.74) is 4.59. The Morgan fingerprint density at radius 3 is 2.12 bits per heavy atom. The molecule has 2 aromatic carbocycles. The van der Waals surface area contributed by atoms with Crippen molar-refractivity contribution in [1.82, 2.24) is 10.6 Å². The van der Waals surface area contributed by atoms with Crippen LogP contribution < -0.4 is 10.6 Å². The second-order valence-electron chi connectivity index (χ2n) is 9.00. The fourth-order valence-corrected chi connectivity index (χ4v) is 4.82. The van der Waals surface area contributed by atoms with E-state index in [0.717, 1.165) is 35.1 Å². The molecule has 3 N–H and O–H groups in total. The largest absolute Gasteiger partial charge is 0.481 e. The molecule has 1 unspecified atom stereocenters. The van der Waals surface area contributed by atoms with E-state index >= 15 is 0 Å². The molecular formula is C25H26N2O5. The van der Waals surface area contributed by atoms with Gasteiger partial charge < -0.3 is 20.5 Å². The van der Waals surface area contributed by atoms with E-state index in [4.69, 9.17) is 9.84 Å². The summed E-state index contributed by atoms with van der Waals surface area (Å²) < 4.78 is 5.58. The van der Waals surface area contributed by atoms with Crippen LogP contribution in [0, 0.1) is 11.8 Å². The highest BCUT2D eigenvalue weighted by atomic mass is 16.5. The number of carbonyl (C=O) groups excluding carboxylic acids is 2. The average molecular weight is 434 g/mol. The smallest absolute Gasteiger partial charge is 0.407 e. The van der Waals surface area contributed by atoms with Crippen molar-refractivity contribution in [1.29, 1.82) is 0 Å². The molecule has 2 aromatic rings. The van der Waals surface area contributed by atoms with Crippen molar-refractivity contribution in [3.05, 3.63) is 59.7 Å². The first-order chi connectivity index (χ1) is 15.5. The molecule has 5 rings (SSSR count). The van der Waals surface area contributed by atoms with E-state index in [-0.39, 0.29) is 30.4 Å². The Balaban J connectivity index is 1.19. The molecule has 3 aliphatic carbocycles. The van der Waals surface area contributed by atoms with Crippen molar-refractivity contribution < 1.29 is 24.2 Å². The number of alkyl carbamates (subject to hydrolysis) is 1. The Morgan fingerprint density at radius 1 is 0.969 bits per heavy atom. The predicted molar refractivity (Wildman–Crippen MR) is 117 cm³/mol. The first-order valence-electron chi connectivity index (χ1n) is 11.2. The molecule has 0 aliphatic heterocycles. The summed E-state index contributed by atoms with van der Waals surface area (Å²) in [7, 11) is 0. The monoisotopic (exact) mass is 434 g/mol. The zero-order valence-electron chi connectivity index (χ0n) is 17.6. The number of aliphatic carboxylic acids is 1. The van der Waals surface area contributed by atoms with Gasteiger partial charge in [-0.2, -0.15) is 0 Å². The molecule has 3 aliphatic rings. The number of carboxylic acids is 1. The minimum absolute atomic E-state index is 0.0377. The summed E-state index contributed by atoms with van der Waals surface area (Å²) in [4.78, 5) is 36.2. The number of ether oxygens (including phenoxy) is 1. The standard InChI is InChI=1S/C25H26N2O5/c28-23(26-16-11-15(12-16)24(29)30)22(14-9-10-14)27-25(31)32-13-21-19-7-3-1-5-17(19)18-6-2-4-8-20(18)21/h1-8,14-16,21-22H,9-13H2,(H,26,28)(H,27,31)(H,29,30). The number of fused-ring (bicyclic) bond motifs is 3. The number of rotatable bonds is 7. The quantitative estimate of drug-likeness (QED) is 0.620. The first kappa shape index (κ1) is 20.5. The highest BCUT2D eigenvalue weighted by molar-refractivity contribution is 5.87. The van der Waals surface area contributed by atoms with Gasteiger partial charge in [0.1, 0.15) is 12.6 Å². The number of carbonyl (C=O) groups is 3. The topological polar surface area (TPSA) is 105 Å². The van der Waals surface area contributed by atoms with Crippen LogP contribution in [0.1, 0.15) is 42.7 Å². The van der Waals surface area contributed by atoms with Crippen LogP contribution in [0.3, 0.4) is 0 Å². The normalized spacial score (nSPS) is 22.1. The van der Waals surface area contributed by atoms with Gasteiger partial charge in [-0.25, -0.2) is 4.79 Å². The molecule has 2 fully saturated rings. The molecular weight excluding hydrogens is 408 g/mol. The van der Waals surface area contributed by atoms with Crippen LogP contribution >= 0.6 is 0 Å². The third-order valence-corrected chi connectivity index (χ3v) is 6.83. The number of benzene rings is 2. The van der Waals surface area contributed by atoms with E-state index in [1.165, 1.54) is 0 Å². The molecule has 7 heteroatoms. The Kier molecular flexibility index (Phi) is 5.33. The van der Waals surface area contributed by atoms with E-state index < -0.39 is 24.0 Å². The Bertz CT molecular complexity index is 1010. The molecule has 2 amide bonds. The predicted octanol–water partition coefficient (Wildman–Crippen LogP) is 3.28. The fraction of sp³-hybridized carbons (Fsp3) is 0.400. The van der Waals surface area contributed by atoms with Crippen molar-refractivity contribution in [2.75, 3.05) is 6.61 Å². The van der Waals surface area contributed by atoms with Crippen molar-refractivity contribution in [3.63, 3.8) is 0 Å². The van der Waals surface area contributed by atoms with Gasteiger partial charge in [-0.1, -0.05) is 48.5 Å². The second kappa shape index (κ2) is 8.30. The highest BCUT2D eigenvalue weighted by Crippen LogP contribution is 2.44. The van der Waals surface area contributed by atoms with E-state index in [0.29, 0.717) is 12.8 Å². The van der Waals surface area contributed by atoms with Crippen molar-refractivity contribution >= 4 is 18.0 Å². The molecule has 166 valence electrons. The first-order valence-corrected chi connectivity index (χ1v) is 11.2. The van der Waals surface area contributed by atoms with Crippen LogP contribution in [0.15, 0.2) is 48.5 Å². The lowest BCUT2D eigenvalue weighted by Gasteiger charge is -2.34. The van der Waals surface area contributed by atoms with Crippen molar-refractivity contribution in [3.8, 4) is 11.1 Å². The van der Waals surface area contributed by atoms with Gasteiger partial charge in [-0.05, 0) is 53.9 Å². The Morgan fingerprint density at radius 2 is 1.56 bits per heavy atom. The number of carboxylic acid groups (broad SMARTS) is 1. The second-order valence-corrected chi connectivity index (χ2v) is 9.00. The zero-order chi connectivity index (χ0) is 22.2. The molecule has 0 aromatic heterocycles. The van der Waals surface area contributed by atoms with Gasteiger partial charge in [0.25, 0.3) is 0 Å². The van der Waals surface area contributed by atoms with Crippen LogP contribution in [-0.2, 0) is 14.3 Å². The van der Waals surface area contributed by atoms with Gasteiger partial charge in [0.05, 0.1) is 5.92 Å². The van der Waals surface area contributed by atoms with Crippen molar-refractivity contribution in [2.45, 2.75) is 43.7 Å². The summed E-state index contributed by atoms with van der Waals surface area (Å²) >= 11 is 0. The molecule has 1 atom stereocenters. The summed E-state index contributed by atoms with van der Waals surface area (Å²) in [5, 5.41) is 14.6. The minimum Gasteiger partial charge on any atom is -0.481 e. The van der Waals surface area contributed by atoms with Crippen LogP contribution in [0.4, 0.5) is 4.79 Å². The third-order valence-electron chi connectivity index (χ3n) is 6.83. The average Bonchev–Trinajstić information content (AvgIpc) is 3.55. The van der Waals surface area contributed by atoms with Crippen molar-refractivity contribution in [2.24, 2.45) is 11.8 Å². The lowest BCUT2D eigenvalue weighted by Crippen LogP contribution is -2.54. The van der Waals surface area contributed by atoms with Gasteiger partial charge in [0.15, 0.2) is 0 Å². The molecule has 0 radical (unpaired) electrons. The van der Waals surface area contributed by atoms with Gasteiger partial charge in [-0.15, -0.1) is 0 Å². The van der Waals surface area contributed by atoms with Gasteiger partial charge in [-0.3, -0.25) is 9.59 Å².